The molecule has 22 heavy (non-hydrogen) atoms. The third-order valence-electron chi connectivity index (χ3n) is 4.65. The second-order valence-electron chi connectivity index (χ2n) is 7.22. The Kier molecular flexibility index (Phi) is 5.98. The molecule has 1 fully saturated rings. The van der Waals surface area contributed by atoms with Gasteiger partial charge in [-0.05, 0) is 26.1 Å². The van der Waals surface area contributed by atoms with Crippen molar-refractivity contribution >= 4 is 0 Å². The van der Waals surface area contributed by atoms with Crippen molar-refractivity contribution in [1.29, 1.82) is 0 Å². The first kappa shape index (κ1) is 17.4. The second-order valence-corrected chi connectivity index (χ2v) is 7.22. The first-order valence-corrected chi connectivity index (χ1v) is 8.11. The van der Waals surface area contributed by atoms with Gasteiger partial charge in [-0.3, -0.25) is 0 Å². The number of benzene rings is 1. The highest BCUT2D eigenvalue weighted by Gasteiger charge is 2.48. The Labute approximate surface area is 134 Å². The van der Waals surface area contributed by atoms with Crippen molar-refractivity contribution in [2.45, 2.75) is 45.1 Å². The Morgan fingerprint density at radius 3 is 2.59 bits per heavy atom. The van der Waals surface area contributed by atoms with E-state index in [0.29, 0.717) is 25.7 Å². The first-order chi connectivity index (χ1) is 10.4. The van der Waals surface area contributed by atoms with Crippen LogP contribution in [0.15, 0.2) is 30.3 Å². The molecule has 0 heterocycles. The number of nitrogens with one attached hydrogen (secondary N) is 1. The van der Waals surface area contributed by atoms with Gasteiger partial charge >= 0.3 is 0 Å². The topological polar surface area (TPSA) is 44.7 Å². The van der Waals surface area contributed by atoms with Gasteiger partial charge in [-0.25, -0.2) is 0 Å². The molecule has 0 saturated heterocycles. The Bertz CT molecular complexity index is 448. The minimum absolute atomic E-state index is 0.104. The maximum absolute atomic E-state index is 9.94. The highest BCUT2D eigenvalue weighted by atomic mass is 16.5. The van der Waals surface area contributed by atoms with Crippen LogP contribution in [0.3, 0.4) is 0 Å². The van der Waals surface area contributed by atoms with Gasteiger partial charge in [-0.15, -0.1) is 0 Å². The number of hydrogen-bond donors (Lipinski definition) is 2. The predicted molar refractivity (Wildman–Crippen MR) is 89.8 cm³/mol. The predicted octanol–water partition coefficient (Wildman–Crippen LogP) is 1.88. The summed E-state index contributed by atoms with van der Waals surface area (Å²) in [7, 11) is 3.95. The van der Waals surface area contributed by atoms with Crippen molar-refractivity contribution in [2.75, 3.05) is 27.2 Å². The molecule has 4 nitrogen and oxygen atoms in total. The van der Waals surface area contributed by atoms with Crippen molar-refractivity contribution < 1.29 is 9.84 Å². The molecule has 1 aliphatic carbocycles. The van der Waals surface area contributed by atoms with Gasteiger partial charge in [0.15, 0.2) is 0 Å². The summed E-state index contributed by atoms with van der Waals surface area (Å²) in [5.74, 6) is 0. The number of likely N-dealkylation sites (N-methyl/N-ethyl adjacent to an activating group) is 1. The number of rotatable bonds is 8. The summed E-state index contributed by atoms with van der Waals surface area (Å²) in [5.41, 5.74) is 1.32. The zero-order chi connectivity index (χ0) is 16.2. The van der Waals surface area contributed by atoms with E-state index < -0.39 is 0 Å². The molecule has 3 atom stereocenters. The fourth-order valence-electron chi connectivity index (χ4n) is 3.05. The lowest BCUT2D eigenvalue weighted by atomic mass is 9.64. The summed E-state index contributed by atoms with van der Waals surface area (Å²) in [6.45, 7) is 6.47. The fraction of sp³-hybridized carbons (Fsp3) is 0.667. The van der Waals surface area contributed by atoms with Gasteiger partial charge < -0.3 is 20.1 Å². The van der Waals surface area contributed by atoms with Crippen molar-refractivity contribution in [1.82, 2.24) is 10.2 Å². The summed E-state index contributed by atoms with van der Waals surface area (Å²) >= 11 is 0. The molecule has 2 rings (SSSR count). The van der Waals surface area contributed by atoms with E-state index in [1.54, 1.807) is 0 Å². The Hall–Kier alpha value is -0.940. The molecule has 3 unspecified atom stereocenters. The van der Waals surface area contributed by atoms with Crippen molar-refractivity contribution in [2.24, 2.45) is 5.41 Å². The molecule has 1 aliphatic rings. The van der Waals surface area contributed by atoms with Gasteiger partial charge in [0, 0.05) is 24.5 Å². The monoisotopic (exact) mass is 306 g/mol. The average molecular weight is 306 g/mol. The van der Waals surface area contributed by atoms with E-state index in [4.69, 9.17) is 4.74 Å². The minimum atomic E-state index is -0.324. The number of aliphatic hydroxyl groups is 1. The van der Waals surface area contributed by atoms with Gasteiger partial charge in [-0.1, -0.05) is 44.2 Å². The third kappa shape index (κ3) is 4.53. The average Bonchev–Trinajstić information content (AvgIpc) is 2.46. The summed E-state index contributed by atoms with van der Waals surface area (Å²) in [6, 6.07) is 10.7. The third-order valence-corrected chi connectivity index (χ3v) is 4.65. The second kappa shape index (κ2) is 7.55. The van der Waals surface area contributed by atoms with E-state index in [9.17, 15) is 5.11 Å². The molecule has 1 aromatic carbocycles. The van der Waals surface area contributed by atoms with Gasteiger partial charge in [-0.2, -0.15) is 0 Å². The van der Waals surface area contributed by atoms with Crippen LogP contribution in [0.2, 0.25) is 0 Å². The maximum atomic E-state index is 9.94. The Morgan fingerprint density at radius 2 is 2.00 bits per heavy atom. The van der Waals surface area contributed by atoms with Crippen molar-refractivity contribution in [3.05, 3.63) is 35.9 Å². The zero-order valence-corrected chi connectivity index (χ0v) is 14.2. The first-order valence-electron chi connectivity index (χ1n) is 8.11. The molecular weight excluding hydrogens is 276 g/mol. The molecular formula is C18H30N2O2. The van der Waals surface area contributed by atoms with Crippen molar-refractivity contribution in [3.8, 4) is 0 Å². The zero-order valence-electron chi connectivity index (χ0n) is 14.2. The summed E-state index contributed by atoms with van der Waals surface area (Å²) in [5, 5.41) is 13.4. The van der Waals surface area contributed by atoms with E-state index in [1.165, 1.54) is 5.56 Å². The Balaban J connectivity index is 1.72. The van der Waals surface area contributed by atoms with E-state index in [2.05, 4.69) is 31.3 Å². The molecule has 1 saturated carbocycles. The number of nitrogens with zero attached hydrogens (tertiary/aromatic N) is 1. The molecule has 0 bridgehead atoms. The van der Waals surface area contributed by atoms with Crippen LogP contribution in [0.4, 0.5) is 0 Å². The molecule has 0 radical (unpaired) electrons. The summed E-state index contributed by atoms with van der Waals surface area (Å²) in [6.07, 6.45) is 0.959. The Morgan fingerprint density at radius 1 is 1.32 bits per heavy atom. The fourth-order valence-corrected chi connectivity index (χ4v) is 3.05. The summed E-state index contributed by atoms with van der Waals surface area (Å²) < 4.78 is 6.07. The standard InChI is InChI=1S/C18H30N2O2/c1-18(2)16(19-11-15(21)12-20(3)4)10-17(18)22-13-14-8-6-5-7-9-14/h5-9,15-17,19,21H,10-13H2,1-4H3. The highest BCUT2D eigenvalue weighted by Crippen LogP contribution is 2.43. The lowest BCUT2D eigenvalue weighted by Crippen LogP contribution is -2.62. The van der Waals surface area contributed by atoms with E-state index >= 15 is 0 Å². The quantitative estimate of drug-likeness (QED) is 0.770. The van der Waals surface area contributed by atoms with Crippen LogP contribution in [0.5, 0.6) is 0 Å². The van der Waals surface area contributed by atoms with Crippen LogP contribution in [0.25, 0.3) is 0 Å². The largest absolute Gasteiger partial charge is 0.390 e. The molecule has 0 aromatic heterocycles. The van der Waals surface area contributed by atoms with Crippen LogP contribution in [0.1, 0.15) is 25.8 Å². The highest BCUT2D eigenvalue weighted by molar-refractivity contribution is 5.14. The number of hydrogen-bond acceptors (Lipinski definition) is 4. The lowest BCUT2D eigenvalue weighted by Gasteiger charge is -2.52. The van der Waals surface area contributed by atoms with Gasteiger partial charge in [0.05, 0.1) is 18.8 Å². The normalized spacial score (nSPS) is 25.0. The molecule has 1 aromatic rings. The smallest absolute Gasteiger partial charge is 0.0791 e. The van der Waals surface area contributed by atoms with Crippen LogP contribution in [0, 0.1) is 5.41 Å². The van der Waals surface area contributed by atoms with Crippen LogP contribution < -0.4 is 5.32 Å². The SMILES string of the molecule is CN(C)CC(O)CNC1CC(OCc2ccccc2)C1(C)C. The minimum Gasteiger partial charge on any atom is -0.390 e. The van der Waals surface area contributed by atoms with Gasteiger partial charge in [0.2, 0.25) is 0 Å². The molecule has 0 spiro atoms. The van der Waals surface area contributed by atoms with Crippen LogP contribution in [-0.4, -0.2) is 55.4 Å². The van der Waals surface area contributed by atoms with Gasteiger partial charge in [0.1, 0.15) is 0 Å². The van der Waals surface area contributed by atoms with Crippen LogP contribution >= 0.6 is 0 Å². The van der Waals surface area contributed by atoms with Crippen LogP contribution in [-0.2, 0) is 11.3 Å². The summed E-state index contributed by atoms with van der Waals surface area (Å²) in [4.78, 5) is 2.00. The number of aliphatic hydroxyl groups excluding tert-OH is 1. The molecule has 124 valence electrons. The molecule has 2 N–H and O–H groups in total. The molecule has 4 heteroatoms. The van der Waals surface area contributed by atoms with E-state index in [0.717, 1.165) is 6.42 Å². The maximum Gasteiger partial charge on any atom is 0.0791 e. The van der Waals surface area contributed by atoms with Crippen molar-refractivity contribution in [3.63, 3.8) is 0 Å². The molecule has 0 amide bonds. The number of ether oxygens (including phenoxy) is 1. The van der Waals surface area contributed by atoms with Gasteiger partial charge in [0.25, 0.3) is 0 Å². The van der Waals surface area contributed by atoms with E-state index in [1.807, 2.05) is 37.2 Å². The lowest BCUT2D eigenvalue weighted by molar-refractivity contribution is -0.126. The molecule has 0 aliphatic heterocycles. The van der Waals surface area contributed by atoms with E-state index in [-0.39, 0.29) is 17.6 Å².